The van der Waals surface area contributed by atoms with Crippen LogP contribution >= 0.6 is 0 Å². The lowest BCUT2D eigenvalue weighted by molar-refractivity contribution is -0.0546. The standard InChI is InChI=1S/C19H24F4O/c1-2-3-4-5-6-13-7-9-14(10-8-13)15-11-16(20)18(17(21)12-15)24-19(22)23/h3-4,11-14,19H,2,5-10H2,1H3/b4-3+/t13-,14-. The minimum absolute atomic E-state index is 0.0806. The Balaban J connectivity index is 1.93. The Labute approximate surface area is 140 Å². The van der Waals surface area contributed by atoms with E-state index >= 15 is 0 Å². The van der Waals surface area contributed by atoms with Gasteiger partial charge in [-0.1, -0.05) is 19.1 Å². The summed E-state index contributed by atoms with van der Waals surface area (Å²) in [7, 11) is 0. The fourth-order valence-corrected chi connectivity index (χ4v) is 3.42. The molecular weight excluding hydrogens is 320 g/mol. The minimum atomic E-state index is -3.24. The molecule has 0 amide bonds. The highest BCUT2D eigenvalue weighted by atomic mass is 19.3. The van der Waals surface area contributed by atoms with Crippen LogP contribution in [0.15, 0.2) is 24.3 Å². The molecule has 0 radical (unpaired) electrons. The van der Waals surface area contributed by atoms with Crippen molar-refractivity contribution in [3.8, 4) is 5.75 Å². The van der Waals surface area contributed by atoms with Gasteiger partial charge in [0, 0.05) is 0 Å². The maximum absolute atomic E-state index is 13.8. The Morgan fingerprint density at radius 1 is 1.08 bits per heavy atom. The van der Waals surface area contributed by atoms with Gasteiger partial charge in [0.1, 0.15) is 0 Å². The van der Waals surface area contributed by atoms with Crippen molar-refractivity contribution in [1.82, 2.24) is 0 Å². The molecule has 0 aromatic heterocycles. The molecular formula is C19H24F4O. The van der Waals surface area contributed by atoms with E-state index in [9.17, 15) is 17.6 Å². The van der Waals surface area contributed by atoms with Gasteiger partial charge in [-0.15, -0.1) is 0 Å². The Morgan fingerprint density at radius 2 is 1.71 bits per heavy atom. The summed E-state index contributed by atoms with van der Waals surface area (Å²) in [5.74, 6) is -2.38. The van der Waals surface area contributed by atoms with Crippen molar-refractivity contribution >= 4 is 0 Å². The predicted octanol–water partition coefficient (Wildman–Crippen LogP) is 6.59. The van der Waals surface area contributed by atoms with E-state index in [4.69, 9.17) is 0 Å². The molecule has 0 bridgehead atoms. The summed E-state index contributed by atoms with van der Waals surface area (Å²) in [5.41, 5.74) is 0.538. The first-order valence-corrected chi connectivity index (χ1v) is 8.60. The van der Waals surface area contributed by atoms with Crippen LogP contribution in [0.1, 0.15) is 63.4 Å². The van der Waals surface area contributed by atoms with E-state index in [-0.39, 0.29) is 5.92 Å². The van der Waals surface area contributed by atoms with Crippen molar-refractivity contribution in [2.75, 3.05) is 0 Å². The summed E-state index contributed by atoms with van der Waals surface area (Å²) in [6.45, 7) is -1.13. The molecule has 5 heteroatoms. The van der Waals surface area contributed by atoms with E-state index in [1.54, 1.807) is 0 Å². The summed E-state index contributed by atoms with van der Waals surface area (Å²) in [6.07, 6.45) is 11.5. The minimum Gasteiger partial charge on any atom is -0.429 e. The monoisotopic (exact) mass is 344 g/mol. The second-order valence-corrected chi connectivity index (χ2v) is 6.37. The third kappa shape index (κ3) is 5.25. The first kappa shape index (κ1) is 18.8. The van der Waals surface area contributed by atoms with E-state index in [0.717, 1.165) is 57.1 Å². The molecule has 134 valence electrons. The molecule has 0 heterocycles. The van der Waals surface area contributed by atoms with Crippen molar-refractivity contribution in [2.24, 2.45) is 5.92 Å². The second kappa shape index (κ2) is 9.09. The zero-order valence-corrected chi connectivity index (χ0v) is 13.9. The number of hydrogen-bond donors (Lipinski definition) is 0. The highest BCUT2D eigenvalue weighted by molar-refractivity contribution is 5.33. The Hall–Kier alpha value is -1.52. The molecule has 1 aromatic carbocycles. The lowest BCUT2D eigenvalue weighted by Gasteiger charge is -2.29. The maximum Gasteiger partial charge on any atom is 0.387 e. The third-order valence-corrected chi connectivity index (χ3v) is 4.69. The average molecular weight is 344 g/mol. The highest BCUT2D eigenvalue weighted by Crippen LogP contribution is 2.39. The van der Waals surface area contributed by atoms with Crippen molar-refractivity contribution in [1.29, 1.82) is 0 Å². The Bertz CT molecular complexity index is 525. The fourth-order valence-electron chi connectivity index (χ4n) is 3.42. The molecule has 1 nitrogen and oxygen atoms in total. The summed E-state index contributed by atoms with van der Waals surface area (Å²) < 4.78 is 55.9. The quantitative estimate of drug-likeness (QED) is 0.401. The topological polar surface area (TPSA) is 9.23 Å². The van der Waals surface area contributed by atoms with Gasteiger partial charge in [-0.2, -0.15) is 8.78 Å². The van der Waals surface area contributed by atoms with Crippen LogP contribution in [0.3, 0.4) is 0 Å². The molecule has 0 aliphatic heterocycles. The highest BCUT2D eigenvalue weighted by Gasteiger charge is 2.25. The molecule has 0 atom stereocenters. The van der Waals surface area contributed by atoms with Crippen LogP contribution in [0.4, 0.5) is 17.6 Å². The molecule has 0 saturated heterocycles. The third-order valence-electron chi connectivity index (χ3n) is 4.69. The molecule has 1 aliphatic rings. The van der Waals surface area contributed by atoms with Crippen LogP contribution in [0, 0.1) is 17.6 Å². The van der Waals surface area contributed by atoms with Gasteiger partial charge in [-0.25, -0.2) is 8.78 Å². The van der Waals surface area contributed by atoms with Crippen molar-refractivity contribution in [2.45, 2.75) is 64.4 Å². The van der Waals surface area contributed by atoms with Crippen LogP contribution < -0.4 is 4.74 Å². The summed E-state index contributed by atoms with van der Waals surface area (Å²) in [5, 5.41) is 0. The van der Waals surface area contributed by atoms with E-state index in [1.807, 2.05) is 0 Å². The van der Waals surface area contributed by atoms with Crippen LogP contribution in [-0.4, -0.2) is 6.61 Å². The molecule has 1 aliphatic carbocycles. The summed E-state index contributed by atoms with van der Waals surface area (Å²) in [6, 6.07) is 2.27. The normalized spacial score (nSPS) is 21.6. The zero-order valence-electron chi connectivity index (χ0n) is 13.9. The second-order valence-electron chi connectivity index (χ2n) is 6.37. The lowest BCUT2D eigenvalue weighted by atomic mass is 9.77. The Kier molecular flexibility index (Phi) is 7.13. The first-order chi connectivity index (χ1) is 11.5. The van der Waals surface area contributed by atoms with E-state index in [2.05, 4.69) is 23.8 Å². The number of alkyl halides is 2. The molecule has 1 fully saturated rings. The van der Waals surface area contributed by atoms with Gasteiger partial charge in [0.25, 0.3) is 0 Å². The Morgan fingerprint density at radius 3 is 2.25 bits per heavy atom. The maximum atomic E-state index is 13.8. The van der Waals surface area contributed by atoms with E-state index in [1.165, 1.54) is 0 Å². The number of hydrogen-bond acceptors (Lipinski definition) is 1. The molecule has 0 unspecified atom stereocenters. The molecule has 1 aromatic rings. The SMILES string of the molecule is CC/C=C/CC[C@H]1CC[C@H](c2cc(F)c(OC(F)F)c(F)c2)CC1. The molecule has 1 saturated carbocycles. The number of benzene rings is 1. The largest absolute Gasteiger partial charge is 0.429 e. The summed E-state index contributed by atoms with van der Waals surface area (Å²) >= 11 is 0. The lowest BCUT2D eigenvalue weighted by Crippen LogP contribution is -2.14. The first-order valence-electron chi connectivity index (χ1n) is 8.60. The number of rotatable bonds is 7. The molecule has 0 N–H and O–H groups in total. The zero-order chi connectivity index (χ0) is 17.5. The molecule has 24 heavy (non-hydrogen) atoms. The van der Waals surface area contributed by atoms with Crippen LogP contribution in [-0.2, 0) is 0 Å². The fraction of sp³-hybridized carbons (Fsp3) is 0.579. The number of ether oxygens (including phenoxy) is 1. The van der Waals surface area contributed by atoms with Gasteiger partial charge in [0.2, 0.25) is 0 Å². The predicted molar refractivity (Wildman–Crippen MR) is 86.4 cm³/mol. The average Bonchev–Trinajstić information content (AvgIpc) is 2.55. The smallest absolute Gasteiger partial charge is 0.387 e. The van der Waals surface area contributed by atoms with Crippen LogP contribution in [0.2, 0.25) is 0 Å². The van der Waals surface area contributed by atoms with Crippen LogP contribution in [0.25, 0.3) is 0 Å². The molecule has 2 rings (SSSR count). The molecule has 0 spiro atoms. The van der Waals surface area contributed by atoms with Gasteiger partial charge in [0.15, 0.2) is 17.4 Å². The number of allylic oxidation sites excluding steroid dienone is 2. The van der Waals surface area contributed by atoms with Gasteiger partial charge in [0.05, 0.1) is 0 Å². The van der Waals surface area contributed by atoms with Gasteiger partial charge < -0.3 is 4.74 Å². The van der Waals surface area contributed by atoms with Gasteiger partial charge in [-0.3, -0.25) is 0 Å². The summed E-state index contributed by atoms with van der Waals surface area (Å²) in [4.78, 5) is 0. The van der Waals surface area contributed by atoms with Crippen molar-refractivity contribution in [3.05, 3.63) is 41.5 Å². The van der Waals surface area contributed by atoms with E-state index < -0.39 is 24.0 Å². The van der Waals surface area contributed by atoms with Gasteiger partial charge in [-0.05, 0) is 74.5 Å². The number of halogens is 4. The van der Waals surface area contributed by atoms with Crippen molar-refractivity contribution < 1.29 is 22.3 Å². The van der Waals surface area contributed by atoms with E-state index in [0.29, 0.717) is 11.5 Å². The van der Waals surface area contributed by atoms with Gasteiger partial charge >= 0.3 is 6.61 Å². The van der Waals surface area contributed by atoms with Crippen LogP contribution in [0.5, 0.6) is 5.75 Å². The van der Waals surface area contributed by atoms with Crippen molar-refractivity contribution in [3.63, 3.8) is 0 Å².